The van der Waals surface area contributed by atoms with Crippen molar-refractivity contribution < 1.29 is 9.59 Å². The maximum atomic E-state index is 12.6. The van der Waals surface area contributed by atoms with Crippen LogP contribution in [0.2, 0.25) is 0 Å². The third kappa shape index (κ3) is 3.56. The number of hydrogen-bond donors (Lipinski definition) is 3. The fraction of sp³-hybridized carbons (Fsp3) is 0.176. The number of hydrogen-bond acceptors (Lipinski definition) is 6. The molecule has 1 aliphatic heterocycles. The van der Waals surface area contributed by atoms with Gasteiger partial charge in [0, 0.05) is 42.5 Å². The molecule has 0 saturated heterocycles. The second kappa shape index (κ2) is 7.35. The van der Waals surface area contributed by atoms with Gasteiger partial charge in [-0.25, -0.2) is 14.5 Å². The summed E-state index contributed by atoms with van der Waals surface area (Å²) in [7, 11) is 3.51. The summed E-state index contributed by atoms with van der Waals surface area (Å²) in [4.78, 5) is 30.3. The molecule has 3 amide bonds. The second-order valence-corrected chi connectivity index (χ2v) is 7.21. The summed E-state index contributed by atoms with van der Waals surface area (Å²) in [6.45, 7) is 1.43. The number of benzene rings is 1. The molecular formula is C17H18BN7O2S. The fourth-order valence-electron chi connectivity index (χ4n) is 3.10. The molecule has 28 heavy (non-hydrogen) atoms. The van der Waals surface area contributed by atoms with Crippen molar-refractivity contribution in [2.24, 2.45) is 0 Å². The van der Waals surface area contributed by atoms with Gasteiger partial charge in [0.1, 0.15) is 13.7 Å². The van der Waals surface area contributed by atoms with E-state index in [1.165, 1.54) is 11.3 Å². The molecule has 0 spiro atoms. The number of fused-ring (bicyclic) bond motifs is 1. The molecule has 142 valence electrons. The van der Waals surface area contributed by atoms with Gasteiger partial charge in [0.15, 0.2) is 10.9 Å². The Morgan fingerprint density at radius 2 is 2.04 bits per heavy atom. The summed E-state index contributed by atoms with van der Waals surface area (Å²) < 4.78 is 1.84. The lowest BCUT2D eigenvalue weighted by Gasteiger charge is -2.19. The Balaban J connectivity index is 1.60. The first-order valence-electron chi connectivity index (χ1n) is 8.70. The van der Waals surface area contributed by atoms with E-state index in [2.05, 4.69) is 30.9 Å². The third-order valence-corrected chi connectivity index (χ3v) is 5.02. The topological polar surface area (TPSA) is 104 Å². The number of nitrogens with one attached hydrogen (secondary N) is 3. The molecule has 4 rings (SSSR count). The Morgan fingerprint density at radius 1 is 1.18 bits per heavy atom. The van der Waals surface area contributed by atoms with Gasteiger partial charge in [-0.15, -0.1) is 11.3 Å². The van der Waals surface area contributed by atoms with E-state index in [1.807, 2.05) is 42.2 Å². The Labute approximate surface area is 166 Å². The smallest absolute Gasteiger partial charge is 0.320 e. The maximum absolute atomic E-state index is 12.6. The van der Waals surface area contributed by atoms with Crippen LogP contribution >= 0.6 is 11.3 Å². The molecule has 3 heterocycles. The number of rotatable bonds is 4. The molecule has 0 fully saturated rings. The quantitative estimate of drug-likeness (QED) is 0.566. The third-order valence-electron chi connectivity index (χ3n) is 4.33. The van der Waals surface area contributed by atoms with Crippen LogP contribution in [0.3, 0.4) is 0 Å². The van der Waals surface area contributed by atoms with E-state index in [1.54, 1.807) is 13.2 Å². The number of carbonyl (C=O) groups is 2. The standard InChI is InChI=1S/C17H18BN7O2S/c1-19-16(27)21-13-9-14-24(3-4-25(14)23-13)12-7-10(6-11(18)8-12)15(26)22-17-20-2-5-28-17/h2,5-9H,3-4,18H2,1H3,(H,20,22,26)(H2,19,21,23,27). The van der Waals surface area contributed by atoms with Crippen LogP contribution in [0.5, 0.6) is 0 Å². The van der Waals surface area contributed by atoms with E-state index in [-0.39, 0.29) is 11.9 Å². The van der Waals surface area contributed by atoms with E-state index in [0.717, 1.165) is 23.5 Å². The van der Waals surface area contributed by atoms with Crippen LogP contribution in [0, 0.1) is 0 Å². The molecule has 9 nitrogen and oxygen atoms in total. The van der Waals surface area contributed by atoms with Crippen molar-refractivity contribution in [1.82, 2.24) is 20.1 Å². The highest BCUT2D eigenvalue weighted by atomic mass is 32.1. The van der Waals surface area contributed by atoms with E-state index in [0.29, 0.717) is 23.1 Å². The van der Waals surface area contributed by atoms with Crippen LogP contribution in [0.15, 0.2) is 35.8 Å². The molecule has 3 aromatic rings. The van der Waals surface area contributed by atoms with Crippen molar-refractivity contribution in [2.75, 3.05) is 29.1 Å². The summed E-state index contributed by atoms with van der Waals surface area (Å²) in [6.07, 6.45) is 1.65. The van der Waals surface area contributed by atoms with Gasteiger partial charge in [-0.2, -0.15) is 5.10 Å². The van der Waals surface area contributed by atoms with Gasteiger partial charge < -0.3 is 10.2 Å². The normalized spacial score (nSPS) is 12.5. The van der Waals surface area contributed by atoms with Crippen molar-refractivity contribution in [3.63, 3.8) is 0 Å². The zero-order valence-corrected chi connectivity index (χ0v) is 16.2. The average Bonchev–Trinajstić information content (AvgIpc) is 3.38. The summed E-state index contributed by atoms with van der Waals surface area (Å²) >= 11 is 1.38. The van der Waals surface area contributed by atoms with Crippen LogP contribution in [-0.4, -0.2) is 48.1 Å². The minimum absolute atomic E-state index is 0.199. The predicted octanol–water partition coefficient (Wildman–Crippen LogP) is 0.753. The minimum atomic E-state index is -0.319. The number of urea groups is 1. The summed E-state index contributed by atoms with van der Waals surface area (Å²) in [5, 5.41) is 14.8. The van der Waals surface area contributed by atoms with Gasteiger partial charge >= 0.3 is 6.03 Å². The highest BCUT2D eigenvalue weighted by molar-refractivity contribution is 7.13. The molecular weight excluding hydrogens is 377 g/mol. The zero-order valence-electron chi connectivity index (χ0n) is 15.4. The van der Waals surface area contributed by atoms with Crippen molar-refractivity contribution >= 4 is 59.0 Å². The van der Waals surface area contributed by atoms with Crippen LogP contribution in [-0.2, 0) is 6.54 Å². The minimum Gasteiger partial charge on any atom is -0.341 e. The molecule has 2 aromatic heterocycles. The Hall–Kier alpha value is -3.34. The molecule has 0 unspecified atom stereocenters. The van der Waals surface area contributed by atoms with Crippen molar-refractivity contribution in [2.45, 2.75) is 6.54 Å². The fourth-order valence-corrected chi connectivity index (χ4v) is 3.63. The number of carbonyl (C=O) groups excluding carboxylic acids is 2. The van der Waals surface area contributed by atoms with Crippen LogP contribution < -0.4 is 26.3 Å². The first kappa shape index (κ1) is 18.0. The number of amides is 3. The number of aromatic nitrogens is 3. The highest BCUT2D eigenvalue weighted by Crippen LogP contribution is 2.32. The van der Waals surface area contributed by atoms with Crippen molar-refractivity contribution in [1.29, 1.82) is 0 Å². The summed E-state index contributed by atoms with van der Waals surface area (Å²) in [5.74, 6) is 1.14. The largest absolute Gasteiger partial charge is 0.341 e. The van der Waals surface area contributed by atoms with Crippen molar-refractivity contribution in [3.05, 3.63) is 41.4 Å². The summed E-state index contributed by atoms with van der Waals surface area (Å²) in [5.41, 5.74) is 2.43. The lowest BCUT2D eigenvalue weighted by molar-refractivity contribution is 0.102. The van der Waals surface area contributed by atoms with Gasteiger partial charge in [-0.05, 0) is 12.1 Å². The highest BCUT2D eigenvalue weighted by Gasteiger charge is 2.24. The van der Waals surface area contributed by atoms with Crippen LogP contribution in [0.4, 0.5) is 27.2 Å². The molecule has 3 N–H and O–H groups in total. The first-order valence-corrected chi connectivity index (χ1v) is 9.58. The van der Waals surface area contributed by atoms with Gasteiger partial charge in [-0.1, -0.05) is 11.5 Å². The lowest BCUT2D eigenvalue weighted by Crippen LogP contribution is -2.25. The molecule has 0 saturated carbocycles. The number of anilines is 4. The van der Waals surface area contributed by atoms with Gasteiger partial charge in [-0.3, -0.25) is 15.4 Å². The molecule has 11 heteroatoms. The lowest BCUT2D eigenvalue weighted by atomic mass is 9.93. The predicted molar refractivity (Wildman–Crippen MR) is 112 cm³/mol. The maximum Gasteiger partial charge on any atom is 0.320 e. The van der Waals surface area contributed by atoms with E-state index in [9.17, 15) is 9.59 Å². The van der Waals surface area contributed by atoms with Gasteiger partial charge in [0.25, 0.3) is 5.91 Å². The zero-order chi connectivity index (χ0) is 19.7. The molecule has 1 aliphatic rings. The Kier molecular flexibility index (Phi) is 4.74. The van der Waals surface area contributed by atoms with Gasteiger partial charge in [0.2, 0.25) is 0 Å². The molecule has 0 bridgehead atoms. The van der Waals surface area contributed by atoms with Crippen LogP contribution in [0.1, 0.15) is 10.4 Å². The van der Waals surface area contributed by atoms with Crippen LogP contribution in [0.25, 0.3) is 0 Å². The molecule has 0 radical (unpaired) electrons. The monoisotopic (exact) mass is 395 g/mol. The number of thiazole rings is 1. The second-order valence-electron chi connectivity index (χ2n) is 6.32. The van der Waals surface area contributed by atoms with E-state index in [4.69, 9.17) is 0 Å². The van der Waals surface area contributed by atoms with E-state index < -0.39 is 0 Å². The molecule has 0 atom stereocenters. The van der Waals surface area contributed by atoms with E-state index >= 15 is 0 Å². The van der Waals surface area contributed by atoms with Gasteiger partial charge in [0.05, 0.1) is 6.54 Å². The molecule has 1 aromatic carbocycles. The Morgan fingerprint density at radius 3 is 2.79 bits per heavy atom. The first-order chi connectivity index (χ1) is 13.5. The molecule has 0 aliphatic carbocycles. The SMILES string of the molecule is Bc1cc(C(=O)Nc2nccs2)cc(N2CCn3nc(NC(=O)NC)cc32)c1. The summed E-state index contributed by atoms with van der Waals surface area (Å²) in [6, 6.07) is 7.22. The number of nitrogens with zero attached hydrogens (tertiary/aromatic N) is 4. The van der Waals surface area contributed by atoms with Crippen molar-refractivity contribution in [3.8, 4) is 0 Å². The Bertz CT molecular complexity index is 1030. The average molecular weight is 395 g/mol.